The van der Waals surface area contributed by atoms with E-state index in [0.29, 0.717) is 11.1 Å². The number of hydrogen-bond donors (Lipinski definition) is 2. The molecule has 2 atom stereocenters. The van der Waals surface area contributed by atoms with Crippen LogP contribution in [0.15, 0.2) is 18.5 Å². The predicted molar refractivity (Wildman–Crippen MR) is 74.1 cm³/mol. The number of aliphatic hydroxyl groups is 1. The fourth-order valence-corrected chi connectivity index (χ4v) is 2.15. The summed E-state index contributed by atoms with van der Waals surface area (Å²) in [5.41, 5.74) is 1.07. The molecular weight excluding hydrogens is 256 g/mol. The van der Waals surface area contributed by atoms with Crippen LogP contribution in [-0.2, 0) is 4.74 Å². The molecular formula is C15H18N2O3. The van der Waals surface area contributed by atoms with Gasteiger partial charge in [0.2, 0.25) is 0 Å². The highest BCUT2D eigenvalue weighted by Crippen LogP contribution is 2.15. The van der Waals surface area contributed by atoms with Crippen LogP contribution in [-0.4, -0.2) is 41.4 Å². The lowest BCUT2D eigenvalue weighted by atomic mass is 10.1. The van der Waals surface area contributed by atoms with E-state index in [1.54, 1.807) is 12.3 Å². The van der Waals surface area contributed by atoms with Gasteiger partial charge in [0.15, 0.2) is 0 Å². The Hall–Kier alpha value is -1.90. The molecule has 1 aromatic rings. The normalized spacial score (nSPS) is 19.0. The minimum Gasteiger partial charge on any atom is -0.384 e. The highest BCUT2D eigenvalue weighted by Gasteiger charge is 2.24. The van der Waals surface area contributed by atoms with E-state index >= 15 is 0 Å². The van der Waals surface area contributed by atoms with Crippen molar-refractivity contribution in [3.8, 4) is 11.8 Å². The van der Waals surface area contributed by atoms with E-state index in [1.807, 2.05) is 6.92 Å². The third-order valence-corrected chi connectivity index (χ3v) is 3.19. The number of nitrogens with zero attached hydrogens (tertiary/aromatic N) is 1. The average molecular weight is 274 g/mol. The van der Waals surface area contributed by atoms with E-state index in [9.17, 15) is 4.79 Å². The maximum absolute atomic E-state index is 12.1. The highest BCUT2D eigenvalue weighted by molar-refractivity contribution is 5.94. The van der Waals surface area contributed by atoms with Crippen LogP contribution in [0.25, 0.3) is 0 Å². The predicted octanol–water partition coefficient (Wildman–Crippen LogP) is 0.723. The number of carbonyl (C=O) groups excluding carboxylic acids is 1. The third kappa shape index (κ3) is 3.80. The molecule has 0 spiro atoms. The lowest BCUT2D eigenvalue weighted by Gasteiger charge is -2.19. The van der Waals surface area contributed by atoms with Crippen molar-refractivity contribution < 1.29 is 14.6 Å². The molecule has 0 saturated carbocycles. The smallest absolute Gasteiger partial charge is 0.253 e. The Bertz CT molecular complexity index is 527. The summed E-state index contributed by atoms with van der Waals surface area (Å²) in [5, 5.41) is 11.6. The Kier molecular flexibility index (Phi) is 5.10. The first-order valence-electron chi connectivity index (χ1n) is 6.68. The molecule has 1 aliphatic rings. The average Bonchev–Trinajstić information content (AvgIpc) is 2.99. The van der Waals surface area contributed by atoms with Crippen LogP contribution in [0.4, 0.5) is 0 Å². The van der Waals surface area contributed by atoms with Crippen molar-refractivity contribution in [2.24, 2.45) is 0 Å². The number of nitrogens with one attached hydrogen (secondary N) is 1. The minimum absolute atomic E-state index is 0.0304. The number of aromatic nitrogens is 1. The zero-order valence-electron chi connectivity index (χ0n) is 11.4. The van der Waals surface area contributed by atoms with Gasteiger partial charge in [0.05, 0.1) is 17.7 Å². The number of pyridine rings is 1. The first-order chi connectivity index (χ1) is 9.70. The quantitative estimate of drug-likeness (QED) is 0.797. The summed E-state index contributed by atoms with van der Waals surface area (Å²) in [4.78, 5) is 16.1. The Labute approximate surface area is 118 Å². The van der Waals surface area contributed by atoms with Crippen molar-refractivity contribution in [1.82, 2.24) is 10.3 Å². The molecule has 0 aromatic carbocycles. The second-order valence-electron chi connectivity index (χ2n) is 4.74. The largest absolute Gasteiger partial charge is 0.384 e. The van der Waals surface area contributed by atoms with E-state index in [4.69, 9.17) is 9.84 Å². The lowest BCUT2D eigenvalue weighted by Crippen LogP contribution is -2.40. The standard InChI is InChI=1S/C15H18N2O3/c1-11(14-5-3-7-20-14)17-15(19)13-8-12(4-2-6-18)9-16-10-13/h8-11,14,18H,3,5-7H2,1H3,(H,17,19). The molecule has 106 valence electrons. The van der Waals surface area contributed by atoms with Crippen molar-refractivity contribution >= 4 is 5.91 Å². The van der Waals surface area contributed by atoms with Crippen molar-refractivity contribution in [1.29, 1.82) is 0 Å². The van der Waals surface area contributed by atoms with Crippen LogP contribution < -0.4 is 5.32 Å². The molecule has 1 aliphatic heterocycles. The van der Waals surface area contributed by atoms with E-state index in [1.165, 1.54) is 6.20 Å². The van der Waals surface area contributed by atoms with Gasteiger partial charge in [-0.25, -0.2) is 0 Å². The number of rotatable bonds is 3. The number of hydrogen-bond acceptors (Lipinski definition) is 4. The van der Waals surface area contributed by atoms with Gasteiger partial charge in [0.25, 0.3) is 5.91 Å². The van der Waals surface area contributed by atoms with Gasteiger partial charge in [-0.1, -0.05) is 11.8 Å². The zero-order chi connectivity index (χ0) is 14.4. The van der Waals surface area contributed by atoms with Crippen LogP contribution in [0.5, 0.6) is 0 Å². The van der Waals surface area contributed by atoms with Gasteiger partial charge in [-0.05, 0) is 25.8 Å². The Balaban J connectivity index is 2.01. The van der Waals surface area contributed by atoms with Gasteiger partial charge in [0.1, 0.15) is 6.61 Å². The molecule has 1 fully saturated rings. The number of carbonyl (C=O) groups is 1. The zero-order valence-corrected chi connectivity index (χ0v) is 11.4. The van der Waals surface area contributed by atoms with Crippen molar-refractivity contribution in [2.75, 3.05) is 13.2 Å². The Morgan fingerprint density at radius 1 is 1.65 bits per heavy atom. The van der Waals surface area contributed by atoms with E-state index in [0.717, 1.165) is 19.4 Å². The van der Waals surface area contributed by atoms with Crippen molar-refractivity contribution in [2.45, 2.75) is 31.9 Å². The maximum Gasteiger partial charge on any atom is 0.253 e. The van der Waals surface area contributed by atoms with Crippen LogP contribution in [0.3, 0.4) is 0 Å². The second-order valence-corrected chi connectivity index (χ2v) is 4.74. The second kappa shape index (κ2) is 7.04. The Morgan fingerprint density at radius 2 is 2.50 bits per heavy atom. The molecule has 5 nitrogen and oxygen atoms in total. The summed E-state index contributed by atoms with van der Waals surface area (Å²) >= 11 is 0. The van der Waals surface area contributed by atoms with Crippen molar-refractivity contribution in [3.63, 3.8) is 0 Å². The van der Waals surface area contributed by atoms with Gasteiger partial charge in [-0.2, -0.15) is 0 Å². The van der Waals surface area contributed by atoms with Crippen LogP contribution in [0, 0.1) is 11.8 Å². The molecule has 2 N–H and O–H groups in total. The molecule has 20 heavy (non-hydrogen) atoms. The van der Waals surface area contributed by atoms with Gasteiger partial charge >= 0.3 is 0 Å². The molecule has 1 aromatic heterocycles. The summed E-state index contributed by atoms with van der Waals surface area (Å²) < 4.78 is 5.55. The fraction of sp³-hybridized carbons (Fsp3) is 0.467. The van der Waals surface area contributed by atoms with E-state index in [2.05, 4.69) is 22.1 Å². The van der Waals surface area contributed by atoms with E-state index in [-0.39, 0.29) is 24.7 Å². The lowest BCUT2D eigenvalue weighted by molar-refractivity contribution is 0.0712. The molecule has 5 heteroatoms. The topological polar surface area (TPSA) is 71.5 Å². The number of amides is 1. The first-order valence-corrected chi connectivity index (χ1v) is 6.68. The Morgan fingerprint density at radius 3 is 3.20 bits per heavy atom. The van der Waals surface area contributed by atoms with Gasteiger partial charge < -0.3 is 15.2 Å². The summed E-state index contributed by atoms with van der Waals surface area (Å²) in [7, 11) is 0. The third-order valence-electron chi connectivity index (χ3n) is 3.19. The maximum atomic E-state index is 12.1. The summed E-state index contributed by atoms with van der Waals surface area (Å²) in [5.74, 6) is 5.07. The summed E-state index contributed by atoms with van der Waals surface area (Å²) in [6.45, 7) is 2.49. The number of aliphatic hydroxyl groups excluding tert-OH is 1. The summed E-state index contributed by atoms with van der Waals surface area (Å²) in [6, 6.07) is 1.63. The van der Waals surface area contributed by atoms with Gasteiger partial charge in [-0.15, -0.1) is 0 Å². The fourth-order valence-electron chi connectivity index (χ4n) is 2.15. The first kappa shape index (κ1) is 14.5. The van der Waals surface area contributed by atoms with Crippen LogP contribution in [0.2, 0.25) is 0 Å². The van der Waals surface area contributed by atoms with Gasteiger partial charge in [-0.3, -0.25) is 9.78 Å². The number of ether oxygens (including phenoxy) is 1. The van der Waals surface area contributed by atoms with Gasteiger partial charge in [0, 0.05) is 24.6 Å². The van der Waals surface area contributed by atoms with Crippen LogP contribution >= 0.6 is 0 Å². The SMILES string of the molecule is CC(NC(=O)c1cncc(C#CCO)c1)C1CCCO1. The monoisotopic (exact) mass is 274 g/mol. The molecule has 1 saturated heterocycles. The molecule has 0 aliphatic carbocycles. The molecule has 2 unspecified atom stereocenters. The highest BCUT2D eigenvalue weighted by atomic mass is 16.5. The minimum atomic E-state index is -0.216. The van der Waals surface area contributed by atoms with Crippen molar-refractivity contribution in [3.05, 3.63) is 29.6 Å². The molecule has 0 bridgehead atoms. The summed E-state index contributed by atoms with van der Waals surface area (Å²) in [6.07, 6.45) is 5.16. The molecule has 2 rings (SSSR count). The molecule has 0 radical (unpaired) electrons. The molecule has 2 heterocycles. The van der Waals surface area contributed by atoms with Crippen LogP contribution in [0.1, 0.15) is 35.7 Å². The molecule has 1 amide bonds. The van der Waals surface area contributed by atoms with E-state index < -0.39 is 0 Å².